The number of imide groups is 1. The molecule has 1 atom stereocenters. The average molecular weight is 392 g/mol. The van der Waals surface area contributed by atoms with Crippen LogP contribution in [0.1, 0.15) is 45.1 Å². The highest BCUT2D eigenvalue weighted by atomic mass is 19.1. The Bertz CT molecular complexity index is 785. The molecule has 2 aliphatic heterocycles. The maximum Gasteiger partial charge on any atom is 0.410 e. The number of carbonyl (C=O) groups excluding carboxylic acids is 3. The van der Waals surface area contributed by atoms with Gasteiger partial charge < -0.3 is 14.5 Å². The van der Waals surface area contributed by atoms with Crippen LogP contribution in [-0.2, 0) is 14.3 Å². The predicted molar refractivity (Wildman–Crippen MR) is 99.3 cm³/mol. The highest BCUT2D eigenvalue weighted by Gasteiger charge is 2.30. The van der Waals surface area contributed by atoms with E-state index < -0.39 is 23.2 Å². The molecule has 3 heterocycles. The van der Waals surface area contributed by atoms with E-state index in [1.54, 1.807) is 9.80 Å². The lowest BCUT2D eigenvalue weighted by Crippen LogP contribution is -2.50. The maximum absolute atomic E-state index is 14.7. The molecule has 8 nitrogen and oxygen atoms in total. The van der Waals surface area contributed by atoms with Crippen LogP contribution in [0.4, 0.5) is 15.0 Å². The number of halogens is 1. The summed E-state index contributed by atoms with van der Waals surface area (Å²) in [6.45, 7) is 7.11. The van der Waals surface area contributed by atoms with Gasteiger partial charge in [-0.15, -0.1) is 0 Å². The third-order valence-corrected chi connectivity index (χ3v) is 4.72. The molecule has 1 aromatic heterocycles. The monoisotopic (exact) mass is 392 g/mol. The molecule has 152 valence electrons. The van der Waals surface area contributed by atoms with Crippen LogP contribution < -0.4 is 10.2 Å². The van der Waals surface area contributed by atoms with Gasteiger partial charge in [0.25, 0.3) is 0 Å². The SMILES string of the molecule is CC(C)(C)OC(=O)N1CCN(c2ncc(C3CCC(=O)NC3=O)cc2F)CC1. The molecule has 28 heavy (non-hydrogen) atoms. The predicted octanol–water partition coefficient (Wildman–Crippen LogP) is 1.80. The number of rotatable bonds is 2. The molecule has 2 saturated heterocycles. The molecule has 0 aromatic carbocycles. The van der Waals surface area contributed by atoms with Gasteiger partial charge in [0.1, 0.15) is 5.60 Å². The molecule has 0 radical (unpaired) electrons. The van der Waals surface area contributed by atoms with Crippen LogP contribution >= 0.6 is 0 Å². The molecule has 1 N–H and O–H groups in total. The van der Waals surface area contributed by atoms with Gasteiger partial charge in [0.05, 0.1) is 5.92 Å². The Hall–Kier alpha value is -2.71. The lowest BCUT2D eigenvalue weighted by Gasteiger charge is -2.36. The first-order valence-electron chi connectivity index (χ1n) is 9.36. The van der Waals surface area contributed by atoms with E-state index in [4.69, 9.17) is 4.74 Å². The van der Waals surface area contributed by atoms with E-state index in [1.807, 2.05) is 20.8 Å². The lowest BCUT2D eigenvalue weighted by atomic mass is 9.91. The number of hydrogen-bond donors (Lipinski definition) is 1. The summed E-state index contributed by atoms with van der Waals surface area (Å²) in [4.78, 5) is 42.9. The van der Waals surface area contributed by atoms with Crippen molar-refractivity contribution in [3.8, 4) is 0 Å². The molecule has 1 aromatic rings. The number of piperidine rings is 1. The lowest BCUT2D eigenvalue weighted by molar-refractivity contribution is -0.134. The molecule has 2 fully saturated rings. The van der Waals surface area contributed by atoms with Crippen molar-refractivity contribution >= 4 is 23.7 Å². The van der Waals surface area contributed by atoms with Gasteiger partial charge in [0, 0.05) is 38.8 Å². The molecule has 3 amide bonds. The molecule has 0 saturated carbocycles. The molecular formula is C19H25FN4O4. The quantitative estimate of drug-likeness (QED) is 0.772. The smallest absolute Gasteiger partial charge is 0.410 e. The van der Waals surface area contributed by atoms with Crippen molar-refractivity contribution in [3.05, 3.63) is 23.6 Å². The summed E-state index contributed by atoms with van der Waals surface area (Å²) in [6.07, 6.45) is 1.68. The number of pyridine rings is 1. The molecule has 0 bridgehead atoms. The van der Waals surface area contributed by atoms with Gasteiger partial charge in [0.15, 0.2) is 11.6 Å². The second-order valence-corrected chi connectivity index (χ2v) is 8.03. The fourth-order valence-electron chi connectivity index (χ4n) is 3.31. The number of anilines is 1. The summed E-state index contributed by atoms with van der Waals surface area (Å²) in [5.41, 5.74) is -0.105. The summed E-state index contributed by atoms with van der Waals surface area (Å²) >= 11 is 0. The van der Waals surface area contributed by atoms with Gasteiger partial charge in [0.2, 0.25) is 11.8 Å². The summed E-state index contributed by atoms with van der Waals surface area (Å²) in [5, 5.41) is 2.27. The number of piperazine rings is 1. The van der Waals surface area contributed by atoms with E-state index >= 15 is 0 Å². The van der Waals surface area contributed by atoms with Crippen LogP contribution in [-0.4, -0.2) is 59.6 Å². The van der Waals surface area contributed by atoms with Crippen LogP contribution in [0.3, 0.4) is 0 Å². The number of carbonyl (C=O) groups is 3. The zero-order valence-electron chi connectivity index (χ0n) is 16.3. The van der Waals surface area contributed by atoms with Gasteiger partial charge >= 0.3 is 6.09 Å². The molecule has 0 aliphatic carbocycles. The standard InChI is InChI=1S/C19H25FN4O4/c1-19(2,3)28-18(27)24-8-6-23(7-9-24)16-14(20)10-12(11-21-16)13-4-5-15(25)22-17(13)26/h10-11,13H,4-9H2,1-3H3,(H,22,25,26). The summed E-state index contributed by atoms with van der Waals surface area (Å²) in [6, 6.07) is 1.31. The number of aromatic nitrogens is 1. The minimum absolute atomic E-state index is 0.194. The number of amides is 3. The van der Waals surface area contributed by atoms with E-state index in [-0.39, 0.29) is 24.2 Å². The van der Waals surface area contributed by atoms with E-state index in [0.717, 1.165) is 0 Å². The van der Waals surface area contributed by atoms with Crippen molar-refractivity contribution in [2.45, 2.75) is 45.1 Å². The summed E-state index contributed by atoms with van der Waals surface area (Å²) < 4.78 is 20.0. The first-order chi connectivity index (χ1) is 13.1. The molecule has 1 unspecified atom stereocenters. The van der Waals surface area contributed by atoms with Crippen molar-refractivity contribution in [3.63, 3.8) is 0 Å². The maximum atomic E-state index is 14.7. The summed E-state index contributed by atoms with van der Waals surface area (Å²) in [7, 11) is 0. The van der Waals surface area contributed by atoms with E-state index in [2.05, 4.69) is 10.3 Å². The van der Waals surface area contributed by atoms with Crippen LogP contribution in [0, 0.1) is 5.82 Å². The fourth-order valence-corrected chi connectivity index (χ4v) is 3.31. The van der Waals surface area contributed by atoms with Crippen LogP contribution in [0.2, 0.25) is 0 Å². The normalized spacial score (nSPS) is 20.8. The first kappa shape index (κ1) is 20.0. The number of nitrogens with zero attached hydrogens (tertiary/aromatic N) is 3. The minimum Gasteiger partial charge on any atom is -0.444 e. The van der Waals surface area contributed by atoms with Gasteiger partial charge in [-0.3, -0.25) is 14.9 Å². The largest absolute Gasteiger partial charge is 0.444 e. The highest BCUT2D eigenvalue weighted by Crippen LogP contribution is 2.27. The van der Waals surface area contributed by atoms with E-state index in [1.165, 1.54) is 12.3 Å². The van der Waals surface area contributed by atoms with Crippen molar-refractivity contribution in [1.29, 1.82) is 0 Å². The van der Waals surface area contributed by atoms with Crippen molar-refractivity contribution in [2.75, 3.05) is 31.1 Å². The second kappa shape index (κ2) is 7.73. The number of nitrogens with one attached hydrogen (secondary N) is 1. The van der Waals surface area contributed by atoms with Gasteiger partial charge in [-0.2, -0.15) is 0 Å². The zero-order chi connectivity index (χ0) is 20.5. The van der Waals surface area contributed by atoms with Gasteiger partial charge in [-0.1, -0.05) is 0 Å². The number of ether oxygens (including phenoxy) is 1. The van der Waals surface area contributed by atoms with E-state index in [9.17, 15) is 18.8 Å². The Kier molecular flexibility index (Phi) is 5.53. The Balaban J connectivity index is 1.63. The van der Waals surface area contributed by atoms with Crippen LogP contribution in [0.5, 0.6) is 0 Å². The molecule has 0 spiro atoms. The van der Waals surface area contributed by atoms with Crippen molar-refractivity contribution < 1.29 is 23.5 Å². The van der Waals surface area contributed by atoms with Gasteiger partial charge in [-0.25, -0.2) is 14.2 Å². The number of hydrogen-bond acceptors (Lipinski definition) is 6. The average Bonchev–Trinajstić information content (AvgIpc) is 2.60. The van der Waals surface area contributed by atoms with Crippen molar-refractivity contribution in [1.82, 2.24) is 15.2 Å². The zero-order valence-corrected chi connectivity index (χ0v) is 16.3. The second-order valence-electron chi connectivity index (χ2n) is 8.03. The topological polar surface area (TPSA) is 91.8 Å². The Morgan fingerprint density at radius 2 is 1.93 bits per heavy atom. The van der Waals surface area contributed by atoms with Crippen LogP contribution in [0.25, 0.3) is 0 Å². The fraction of sp³-hybridized carbons (Fsp3) is 0.579. The third kappa shape index (κ3) is 4.58. The van der Waals surface area contributed by atoms with E-state index in [0.29, 0.717) is 38.2 Å². The molecular weight excluding hydrogens is 367 g/mol. The Morgan fingerprint density at radius 1 is 1.25 bits per heavy atom. The summed E-state index contributed by atoms with van der Waals surface area (Å²) in [5.74, 6) is -1.63. The minimum atomic E-state index is -0.572. The van der Waals surface area contributed by atoms with Crippen molar-refractivity contribution in [2.24, 2.45) is 0 Å². The molecule has 3 rings (SSSR count). The third-order valence-electron chi connectivity index (χ3n) is 4.72. The Morgan fingerprint density at radius 3 is 2.50 bits per heavy atom. The molecule has 2 aliphatic rings. The first-order valence-corrected chi connectivity index (χ1v) is 9.36. The Labute approximate surface area is 163 Å². The molecule has 9 heteroatoms. The van der Waals surface area contributed by atoms with Gasteiger partial charge in [-0.05, 0) is 38.8 Å². The van der Waals surface area contributed by atoms with Crippen LogP contribution in [0.15, 0.2) is 12.3 Å². The highest BCUT2D eigenvalue weighted by molar-refractivity contribution is 6.00.